The van der Waals surface area contributed by atoms with Gasteiger partial charge in [0.2, 0.25) is 0 Å². The molecule has 0 bridgehead atoms. The van der Waals surface area contributed by atoms with Gasteiger partial charge >= 0.3 is 0 Å². The first kappa shape index (κ1) is 9.84. The van der Waals surface area contributed by atoms with Gasteiger partial charge in [0.1, 0.15) is 0 Å². The summed E-state index contributed by atoms with van der Waals surface area (Å²) in [6, 6.07) is 12.2. The number of benzene rings is 1. The number of aromatic nitrogens is 2. The van der Waals surface area contributed by atoms with Crippen LogP contribution < -0.4 is 0 Å². The summed E-state index contributed by atoms with van der Waals surface area (Å²) in [5.41, 5.74) is 4.36. The average Bonchev–Trinajstić information content (AvgIpc) is 2.30. The Balaban J connectivity index is 2.43. The van der Waals surface area contributed by atoms with Crippen molar-refractivity contribution < 1.29 is 0 Å². The fourth-order valence-electron chi connectivity index (χ4n) is 1.61. The predicted molar refractivity (Wildman–Crippen MR) is 61.6 cm³/mol. The van der Waals surface area contributed by atoms with Crippen LogP contribution in [0.15, 0.2) is 36.4 Å². The van der Waals surface area contributed by atoms with Crippen LogP contribution in [-0.4, -0.2) is 10.2 Å². The molecule has 0 aliphatic carbocycles. The smallest absolute Gasteiger partial charge is 0.0932 e. The summed E-state index contributed by atoms with van der Waals surface area (Å²) < 4.78 is 0. The SMILES string of the molecule is CCc1nnc(-c2ccccc2)cc1C. The molecule has 1 aromatic heterocycles. The number of hydrogen-bond donors (Lipinski definition) is 0. The third-order valence-electron chi connectivity index (χ3n) is 2.49. The van der Waals surface area contributed by atoms with Crippen molar-refractivity contribution in [1.82, 2.24) is 10.2 Å². The van der Waals surface area contributed by atoms with Crippen LogP contribution in [0.4, 0.5) is 0 Å². The molecular formula is C13H14N2. The van der Waals surface area contributed by atoms with E-state index in [2.05, 4.69) is 42.2 Å². The molecule has 0 aliphatic rings. The summed E-state index contributed by atoms with van der Waals surface area (Å²) in [6.07, 6.45) is 0.938. The fourth-order valence-corrected chi connectivity index (χ4v) is 1.61. The molecule has 2 aromatic rings. The van der Waals surface area contributed by atoms with Gasteiger partial charge in [-0.3, -0.25) is 0 Å². The number of hydrogen-bond acceptors (Lipinski definition) is 2. The highest BCUT2D eigenvalue weighted by atomic mass is 15.1. The van der Waals surface area contributed by atoms with Gasteiger partial charge in [-0.25, -0.2) is 0 Å². The minimum absolute atomic E-state index is 0.938. The van der Waals surface area contributed by atoms with Crippen LogP contribution in [0.1, 0.15) is 18.2 Å². The van der Waals surface area contributed by atoms with E-state index in [1.807, 2.05) is 18.2 Å². The first-order valence-corrected chi connectivity index (χ1v) is 5.20. The van der Waals surface area contributed by atoms with Gasteiger partial charge in [0.05, 0.1) is 11.4 Å². The van der Waals surface area contributed by atoms with E-state index >= 15 is 0 Å². The van der Waals surface area contributed by atoms with Crippen molar-refractivity contribution in [3.8, 4) is 11.3 Å². The van der Waals surface area contributed by atoms with Gasteiger partial charge in [-0.15, -0.1) is 0 Å². The van der Waals surface area contributed by atoms with Crippen molar-refractivity contribution in [2.75, 3.05) is 0 Å². The molecule has 0 fully saturated rings. The Bertz CT molecular complexity index is 449. The molecule has 1 heterocycles. The van der Waals surface area contributed by atoms with Crippen LogP contribution in [0.2, 0.25) is 0 Å². The third-order valence-corrected chi connectivity index (χ3v) is 2.49. The Morgan fingerprint density at radius 2 is 1.80 bits per heavy atom. The van der Waals surface area contributed by atoms with Gasteiger partial charge in [0.15, 0.2) is 0 Å². The van der Waals surface area contributed by atoms with Gasteiger partial charge in [-0.2, -0.15) is 10.2 Å². The van der Waals surface area contributed by atoms with Crippen molar-refractivity contribution >= 4 is 0 Å². The molecule has 0 unspecified atom stereocenters. The van der Waals surface area contributed by atoms with Gasteiger partial charge < -0.3 is 0 Å². The van der Waals surface area contributed by atoms with E-state index in [1.165, 1.54) is 5.56 Å². The molecule has 15 heavy (non-hydrogen) atoms. The molecule has 0 radical (unpaired) electrons. The second-order valence-electron chi connectivity index (χ2n) is 3.58. The lowest BCUT2D eigenvalue weighted by Gasteiger charge is -2.04. The second kappa shape index (κ2) is 4.22. The standard InChI is InChI=1S/C13H14N2/c1-3-12-10(2)9-13(15-14-12)11-7-5-4-6-8-11/h4-9H,3H2,1-2H3. The molecule has 0 amide bonds. The summed E-state index contributed by atoms with van der Waals surface area (Å²) in [6.45, 7) is 4.18. The van der Waals surface area contributed by atoms with Crippen molar-refractivity contribution in [1.29, 1.82) is 0 Å². The van der Waals surface area contributed by atoms with Gasteiger partial charge in [-0.1, -0.05) is 37.3 Å². The molecular weight excluding hydrogens is 184 g/mol. The lowest BCUT2D eigenvalue weighted by atomic mass is 10.1. The molecule has 0 spiro atoms. The minimum Gasteiger partial charge on any atom is -0.155 e. The molecule has 0 saturated heterocycles. The zero-order valence-corrected chi connectivity index (χ0v) is 9.07. The number of rotatable bonds is 2. The lowest BCUT2D eigenvalue weighted by Crippen LogP contribution is -1.96. The predicted octanol–water partition coefficient (Wildman–Crippen LogP) is 3.01. The highest BCUT2D eigenvalue weighted by Crippen LogP contribution is 2.17. The zero-order valence-electron chi connectivity index (χ0n) is 9.07. The Morgan fingerprint density at radius 3 is 2.40 bits per heavy atom. The van der Waals surface area contributed by atoms with E-state index in [9.17, 15) is 0 Å². The van der Waals surface area contributed by atoms with E-state index in [1.54, 1.807) is 0 Å². The maximum Gasteiger partial charge on any atom is 0.0932 e. The minimum atomic E-state index is 0.938. The molecule has 0 saturated carbocycles. The molecule has 0 atom stereocenters. The van der Waals surface area contributed by atoms with E-state index in [0.717, 1.165) is 23.4 Å². The topological polar surface area (TPSA) is 25.8 Å². The van der Waals surface area contributed by atoms with Crippen LogP contribution in [-0.2, 0) is 6.42 Å². The Hall–Kier alpha value is -1.70. The van der Waals surface area contributed by atoms with Crippen LogP contribution in [0.3, 0.4) is 0 Å². The highest BCUT2D eigenvalue weighted by molar-refractivity contribution is 5.59. The van der Waals surface area contributed by atoms with Crippen LogP contribution in [0.5, 0.6) is 0 Å². The fraction of sp³-hybridized carbons (Fsp3) is 0.231. The first-order chi connectivity index (χ1) is 7.31. The van der Waals surface area contributed by atoms with E-state index in [4.69, 9.17) is 0 Å². The molecule has 0 N–H and O–H groups in total. The summed E-state index contributed by atoms with van der Waals surface area (Å²) >= 11 is 0. The Morgan fingerprint density at radius 1 is 1.07 bits per heavy atom. The van der Waals surface area contributed by atoms with Gasteiger partial charge in [0, 0.05) is 5.56 Å². The van der Waals surface area contributed by atoms with Crippen molar-refractivity contribution in [2.24, 2.45) is 0 Å². The second-order valence-corrected chi connectivity index (χ2v) is 3.58. The van der Waals surface area contributed by atoms with Crippen molar-refractivity contribution in [3.63, 3.8) is 0 Å². The van der Waals surface area contributed by atoms with Crippen molar-refractivity contribution in [3.05, 3.63) is 47.7 Å². The van der Waals surface area contributed by atoms with Gasteiger partial charge in [-0.05, 0) is 25.0 Å². The first-order valence-electron chi connectivity index (χ1n) is 5.20. The lowest BCUT2D eigenvalue weighted by molar-refractivity contribution is 0.905. The summed E-state index contributed by atoms with van der Waals surface area (Å²) in [4.78, 5) is 0. The summed E-state index contributed by atoms with van der Waals surface area (Å²) in [7, 11) is 0. The molecule has 2 rings (SSSR count). The number of nitrogens with zero attached hydrogens (tertiary/aromatic N) is 2. The van der Waals surface area contributed by atoms with Gasteiger partial charge in [0.25, 0.3) is 0 Å². The highest BCUT2D eigenvalue weighted by Gasteiger charge is 2.03. The molecule has 2 nitrogen and oxygen atoms in total. The molecule has 2 heteroatoms. The van der Waals surface area contributed by atoms with Crippen LogP contribution in [0.25, 0.3) is 11.3 Å². The maximum absolute atomic E-state index is 4.23. The van der Waals surface area contributed by atoms with Crippen LogP contribution >= 0.6 is 0 Å². The molecule has 76 valence electrons. The normalized spacial score (nSPS) is 10.3. The quantitative estimate of drug-likeness (QED) is 0.741. The van der Waals surface area contributed by atoms with E-state index < -0.39 is 0 Å². The Labute approximate surface area is 90.0 Å². The Kier molecular flexibility index (Phi) is 2.77. The van der Waals surface area contributed by atoms with Crippen molar-refractivity contribution in [2.45, 2.75) is 20.3 Å². The third kappa shape index (κ3) is 2.04. The monoisotopic (exact) mass is 198 g/mol. The molecule has 1 aromatic carbocycles. The summed E-state index contributed by atoms with van der Waals surface area (Å²) in [5.74, 6) is 0. The average molecular weight is 198 g/mol. The molecule has 0 aliphatic heterocycles. The van der Waals surface area contributed by atoms with Crippen LogP contribution in [0, 0.1) is 6.92 Å². The summed E-state index contributed by atoms with van der Waals surface area (Å²) in [5, 5.41) is 8.45. The largest absolute Gasteiger partial charge is 0.155 e. The zero-order chi connectivity index (χ0) is 10.7. The van der Waals surface area contributed by atoms with E-state index in [0.29, 0.717) is 0 Å². The number of aryl methyl sites for hydroxylation is 2. The maximum atomic E-state index is 4.23. The van der Waals surface area contributed by atoms with E-state index in [-0.39, 0.29) is 0 Å².